The molecule has 0 saturated carbocycles. The summed E-state index contributed by atoms with van der Waals surface area (Å²) >= 11 is 0. The van der Waals surface area contributed by atoms with E-state index in [1.165, 1.54) is 0 Å². The van der Waals surface area contributed by atoms with Gasteiger partial charge in [0, 0.05) is 36.3 Å². The van der Waals surface area contributed by atoms with Gasteiger partial charge in [0.2, 0.25) is 5.91 Å². The van der Waals surface area contributed by atoms with Gasteiger partial charge in [-0.3, -0.25) is 4.79 Å². The molecular formula is C20H26N2O4. The molecule has 0 spiro atoms. The van der Waals surface area contributed by atoms with Gasteiger partial charge in [0.05, 0.1) is 21.3 Å². The average molecular weight is 358 g/mol. The van der Waals surface area contributed by atoms with Crippen LogP contribution in [-0.2, 0) is 17.6 Å². The Bertz CT molecular complexity index is 721. The number of nitrogens with one attached hydrogen (secondary N) is 1. The van der Waals surface area contributed by atoms with E-state index < -0.39 is 0 Å². The molecular weight excluding hydrogens is 332 g/mol. The van der Waals surface area contributed by atoms with E-state index in [4.69, 9.17) is 19.9 Å². The van der Waals surface area contributed by atoms with Crippen molar-refractivity contribution in [2.24, 2.45) is 0 Å². The zero-order valence-electron chi connectivity index (χ0n) is 15.5. The third kappa shape index (κ3) is 5.05. The zero-order valence-corrected chi connectivity index (χ0v) is 15.5. The molecule has 2 aromatic rings. The quantitative estimate of drug-likeness (QED) is 0.673. The monoisotopic (exact) mass is 358 g/mol. The third-order valence-electron chi connectivity index (χ3n) is 4.19. The van der Waals surface area contributed by atoms with E-state index in [0.717, 1.165) is 11.1 Å². The number of hydrogen-bond acceptors (Lipinski definition) is 5. The minimum Gasteiger partial charge on any atom is -0.496 e. The largest absolute Gasteiger partial charge is 0.496 e. The second-order valence-electron chi connectivity index (χ2n) is 5.81. The Morgan fingerprint density at radius 3 is 2.23 bits per heavy atom. The van der Waals surface area contributed by atoms with Crippen molar-refractivity contribution in [3.63, 3.8) is 0 Å². The van der Waals surface area contributed by atoms with Gasteiger partial charge in [-0.15, -0.1) is 0 Å². The first-order valence-electron chi connectivity index (χ1n) is 8.48. The molecule has 26 heavy (non-hydrogen) atoms. The van der Waals surface area contributed by atoms with Crippen LogP contribution in [0.3, 0.4) is 0 Å². The van der Waals surface area contributed by atoms with Gasteiger partial charge in [0.25, 0.3) is 0 Å². The Balaban J connectivity index is 1.91. The number of aryl methyl sites for hydroxylation is 1. The summed E-state index contributed by atoms with van der Waals surface area (Å²) in [5.41, 5.74) is 8.50. The number of nitrogens with two attached hydrogens (primary N) is 1. The third-order valence-corrected chi connectivity index (χ3v) is 4.19. The summed E-state index contributed by atoms with van der Waals surface area (Å²) in [4.78, 5) is 12.1. The van der Waals surface area contributed by atoms with E-state index in [1.807, 2.05) is 24.3 Å². The summed E-state index contributed by atoms with van der Waals surface area (Å²) in [6.07, 6.45) is 1.61. The second-order valence-corrected chi connectivity index (χ2v) is 5.81. The fourth-order valence-electron chi connectivity index (χ4n) is 2.75. The molecule has 6 heteroatoms. The average Bonchev–Trinajstić information content (AvgIpc) is 2.67. The van der Waals surface area contributed by atoms with E-state index in [1.54, 1.807) is 33.5 Å². The maximum Gasteiger partial charge on any atom is 0.220 e. The Labute approximate surface area is 154 Å². The van der Waals surface area contributed by atoms with Crippen LogP contribution in [0.4, 0.5) is 5.69 Å². The van der Waals surface area contributed by atoms with E-state index in [9.17, 15) is 4.79 Å². The number of para-hydroxylation sites is 1. The highest BCUT2D eigenvalue weighted by Crippen LogP contribution is 2.34. The summed E-state index contributed by atoms with van der Waals surface area (Å²) in [5.74, 6) is 1.99. The molecule has 0 aromatic heterocycles. The second kappa shape index (κ2) is 9.56. The van der Waals surface area contributed by atoms with Crippen molar-refractivity contribution in [3.05, 3.63) is 47.5 Å². The molecule has 0 aliphatic carbocycles. The van der Waals surface area contributed by atoms with Gasteiger partial charge in [-0.2, -0.15) is 0 Å². The van der Waals surface area contributed by atoms with E-state index in [2.05, 4.69) is 5.32 Å². The molecule has 0 aliphatic heterocycles. The molecule has 2 rings (SSSR count). The van der Waals surface area contributed by atoms with Crippen LogP contribution >= 0.6 is 0 Å². The molecule has 0 aliphatic rings. The molecule has 0 radical (unpaired) electrons. The van der Waals surface area contributed by atoms with Crippen LogP contribution in [0.2, 0.25) is 0 Å². The highest BCUT2D eigenvalue weighted by molar-refractivity contribution is 5.76. The lowest BCUT2D eigenvalue weighted by Crippen LogP contribution is -2.26. The number of nitrogen functional groups attached to an aromatic ring is 1. The van der Waals surface area contributed by atoms with Gasteiger partial charge in [-0.1, -0.05) is 18.2 Å². The fraction of sp³-hybridized carbons (Fsp3) is 0.350. The number of carbonyl (C=O) groups is 1. The lowest BCUT2D eigenvalue weighted by molar-refractivity contribution is -0.121. The molecule has 6 nitrogen and oxygen atoms in total. The van der Waals surface area contributed by atoms with Crippen molar-refractivity contribution in [1.29, 1.82) is 0 Å². The molecule has 140 valence electrons. The molecule has 0 unspecified atom stereocenters. The molecule has 0 bridgehead atoms. The lowest BCUT2D eigenvalue weighted by atomic mass is 10.1. The Kier molecular flexibility index (Phi) is 7.14. The predicted molar refractivity (Wildman–Crippen MR) is 102 cm³/mol. The molecule has 0 heterocycles. The van der Waals surface area contributed by atoms with Gasteiger partial charge in [0.15, 0.2) is 0 Å². The maximum atomic E-state index is 12.1. The number of carbonyl (C=O) groups excluding carboxylic acids is 1. The Morgan fingerprint density at radius 2 is 1.65 bits per heavy atom. The van der Waals surface area contributed by atoms with Crippen molar-refractivity contribution < 1.29 is 19.0 Å². The summed E-state index contributed by atoms with van der Waals surface area (Å²) in [5, 5.41) is 2.93. The highest BCUT2D eigenvalue weighted by Gasteiger charge is 2.13. The molecule has 0 fully saturated rings. The normalized spacial score (nSPS) is 10.3. The predicted octanol–water partition coefficient (Wildman–Crippen LogP) is 2.59. The number of anilines is 1. The van der Waals surface area contributed by atoms with Crippen molar-refractivity contribution in [2.45, 2.75) is 19.3 Å². The van der Waals surface area contributed by atoms with Crippen molar-refractivity contribution in [3.8, 4) is 17.2 Å². The first-order chi connectivity index (χ1) is 12.6. The number of rotatable bonds is 9. The minimum absolute atomic E-state index is 0.0142. The van der Waals surface area contributed by atoms with Crippen LogP contribution in [0.1, 0.15) is 17.5 Å². The maximum absolute atomic E-state index is 12.1. The summed E-state index contributed by atoms with van der Waals surface area (Å²) < 4.78 is 16.1. The van der Waals surface area contributed by atoms with Crippen LogP contribution < -0.4 is 25.3 Å². The van der Waals surface area contributed by atoms with Crippen LogP contribution in [-0.4, -0.2) is 33.8 Å². The van der Waals surface area contributed by atoms with Crippen LogP contribution in [0.25, 0.3) is 0 Å². The number of amides is 1. The van der Waals surface area contributed by atoms with Crippen molar-refractivity contribution in [2.75, 3.05) is 33.6 Å². The smallest absolute Gasteiger partial charge is 0.220 e. The number of ether oxygens (including phenoxy) is 3. The van der Waals surface area contributed by atoms with E-state index in [0.29, 0.717) is 48.7 Å². The standard InChI is InChI=1S/C20H26N2O4/c1-24-15-12-18(25-2)16(19(13-15)26-3)10-11-22-20(23)9-8-14-6-4-5-7-17(14)21/h4-7,12-13H,8-11,21H2,1-3H3,(H,22,23). The Morgan fingerprint density at radius 1 is 1.00 bits per heavy atom. The SMILES string of the molecule is COc1cc(OC)c(CCNC(=O)CCc2ccccc2N)c(OC)c1. The first kappa shape index (κ1) is 19.4. The van der Waals surface area contributed by atoms with Gasteiger partial charge >= 0.3 is 0 Å². The molecule has 3 N–H and O–H groups in total. The van der Waals surface area contributed by atoms with Crippen molar-refractivity contribution >= 4 is 11.6 Å². The molecule has 0 saturated heterocycles. The van der Waals surface area contributed by atoms with E-state index in [-0.39, 0.29) is 5.91 Å². The molecule has 1 amide bonds. The van der Waals surface area contributed by atoms with Crippen LogP contribution in [0.15, 0.2) is 36.4 Å². The van der Waals surface area contributed by atoms with Gasteiger partial charge in [-0.25, -0.2) is 0 Å². The van der Waals surface area contributed by atoms with E-state index >= 15 is 0 Å². The first-order valence-corrected chi connectivity index (χ1v) is 8.48. The van der Waals surface area contributed by atoms with Crippen LogP contribution in [0.5, 0.6) is 17.2 Å². The summed E-state index contributed by atoms with van der Waals surface area (Å²) in [6, 6.07) is 11.2. The van der Waals surface area contributed by atoms with Gasteiger partial charge in [-0.05, 0) is 24.5 Å². The number of methoxy groups -OCH3 is 3. The van der Waals surface area contributed by atoms with Gasteiger partial charge in [0.1, 0.15) is 17.2 Å². The molecule has 2 aromatic carbocycles. The van der Waals surface area contributed by atoms with Gasteiger partial charge < -0.3 is 25.3 Å². The number of benzene rings is 2. The molecule has 0 atom stereocenters. The number of hydrogen-bond donors (Lipinski definition) is 2. The summed E-state index contributed by atoms with van der Waals surface area (Å²) in [6.45, 7) is 0.488. The minimum atomic E-state index is -0.0142. The highest BCUT2D eigenvalue weighted by atomic mass is 16.5. The summed E-state index contributed by atoms with van der Waals surface area (Å²) in [7, 11) is 4.79. The topological polar surface area (TPSA) is 82.8 Å². The fourth-order valence-corrected chi connectivity index (χ4v) is 2.75. The van der Waals surface area contributed by atoms with Crippen molar-refractivity contribution in [1.82, 2.24) is 5.32 Å². The lowest BCUT2D eigenvalue weighted by Gasteiger charge is -2.15. The van der Waals surface area contributed by atoms with Crippen LogP contribution in [0, 0.1) is 0 Å². The zero-order chi connectivity index (χ0) is 18.9. The Hall–Kier alpha value is -2.89.